The number of aromatic amines is 1. The molecule has 0 spiro atoms. The lowest BCUT2D eigenvalue weighted by molar-refractivity contribution is 0.533. The van der Waals surface area contributed by atoms with Gasteiger partial charge in [-0.05, 0) is 36.0 Å². The number of nitrogens with zero attached hydrogens (tertiary/aromatic N) is 5. The first kappa shape index (κ1) is 21.2. The number of pyridine rings is 1. The Kier molecular flexibility index (Phi) is 4.93. The number of aromatic nitrogens is 5. The zero-order valence-electron chi connectivity index (χ0n) is 18.6. The van der Waals surface area contributed by atoms with E-state index in [4.69, 9.17) is 22.3 Å². The Morgan fingerprint density at radius 2 is 2.12 bits per heavy atom. The summed E-state index contributed by atoms with van der Waals surface area (Å²) < 4.78 is 14.6. The molecule has 1 aromatic carbocycles. The Labute approximate surface area is 200 Å². The summed E-state index contributed by atoms with van der Waals surface area (Å²) in [6.45, 7) is 2.02. The van der Waals surface area contributed by atoms with E-state index in [0.717, 1.165) is 36.5 Å². The van der Waals surface area contributed by atoms with Crippen molar-refractivity contribution in [3.63, 3.8) is 0 Å². The number of H-pyrrole nitrogens is 1. The van der Waals surface area contributed by atoms with Crippen molar-refractivity contribution in [3.8, 4) is 11.3 Å². The maximum atomic E-state index is 14.6. The van der Waals surface area contributed by atoms with Crippen LogP contribution in [-0.2, 0) is 5.41 Å². The van der Waals surface area contributed by atoms with Crippen LogP contribution in [0.25, 0.3) is 22.4 Å². The lowest BCUT2D eigenvalue weighted by Gasteiger charge is -2.26. The predicted molar refractivity (Wildman–Crippen MR) is 130 cm³/mol. The minimum Gasteiger partial charge on any atom is -0.372 e. The molecule has 174 valence electrons. The molecule has 0 amide bonds. The molecule has 4 aromatic rings. The lowest BCUT2D eigenvalue weighted by atomic mass is 9.91. The SMILES string of the molecule is CNc1nccc(-c2n[nH]c3nc(N4CCC5C(C4)C5(CN)c4ccccc4F)cnc23)c1Cl. The van der Waals surface area contributed by atoms with Crippen LogP contribution in [0.1, 0.15) is 12.0 Å². The molecule has 8 nitrogen and oxygen atoms in total. The number of hydrogen-bond donors (Lipinski definition) is 3. The fourth-order valence-corrected chi connectivity index (χ4v) is 6.07. The van der Waals surface area contributed by atoms with Gasteiger partial charge in [0, 0.05) is 43.9 Å². The summed E-state index contributed by atoms with van der Waals surface area (Å²) in [4.78, 5) is 15.9. The molecule has 1 saturated carbocycles. The highest BCUT2D eigenvalue weighted by molar-refractivity contribution is 6.35. The molecule has 0 radical (unpaired) electrons. The smallest absolute Gasteiger partial charge is 0.177 e. The highest BCUT2D eigenvalue weighted by Gasteiger charge is 2.66. The standard InChI is InChI=1S/C24H24ClFN8/c1-28-22-19(25)13(6-8-29-22)20-21-23(33-32-20)31-18(10-30-21)34-9-7-14-16(11-34)24(14,12-27)15-4-2-3-5-17(15)26/h2-6,8,10,14,16H,7,9,11-12,27H2,1H3,(H,28,29)(H,31,32,33). The van der Waals surface area contributed by atoms with E-state index < -0.39 is 0 Å². The van der Waals surface area contributed by atoms with Crippen molar-refractivity contribution in [2.75, 3.05) is 36.9 Å². The molecule has 10 heteroatoms. The van der Waals surface area contributed by atoms with Crippen molar-refractivity contribution < 1.29 is 4.39 Å². The first-order valence-electron chi connectivity index (χ1n) is 11.3. The van der Waals surface area contributed by atoms with Crippen LogP contribution in [0.5, 0.6) is 0 Å². The van der Waals surface area contributed by atoms with Crippen molar-refractivity contribution in [3.05, 3.63) is 59.1 Å². The van der Waals surface area contributed by atoms with Gasteiger partial charge in [0.25, 0.3) is 0 Å². The van der Waals surface area contributed by atoms with Gasteiger partial charge in [0.1, 0.15) is 28.7 Å². The monoisotopic (exact) mass is 478 g/mol. The number of fused-ring (bicyclic) bond motifs is 2. The third-order valence-corrected chi connectivity index (χ3v) is 7.89. The molecule has 1 saturated heterocycles. The van der Waals surface area contributed by atoms with Gasteiger partial charge < -0.3 is 16.0 Å². The van der Waals surface area contributed by atoms with Gasteiger partial charge in [-0.25, -0.2) is 19.3 Å². The third-order valence-electron chi connectivity index (χ3n) is 7.50. The van der Waals surface area contributed by atoms with Crippen molar-refractivity contribution in [1.82, 2.24) is 25.1 Å². The molecule has 34 heavy (non-hydrogen) atoms. The van der Waals surface area contributed by atoms with E-state index in [1.54, 1.807) is 31.6 Å². The Morgan fingerprint density at radius 1 is 1.26 bits per heavy atom. The van der Waals surface area contributed by atoms with Crippen molar-refractivity contribution in [2.45, 2.75) is 11.8 Å². The first-order chi connectivity index (χ1) is 16.6. The van der Waals surface area contributed by atoms with Crippen LogP contribution in [0.4, 0.5) is 16.0 Å². The van der Waals surface area contributed by atoms with Crippen LogP contribution in [0.2, 0.25) is 5.02 Å². The van der Waals surface area contributed by atoms with E-state index in [1.165, 1.54) is 6.07 Å². The Bertz CT molecular complexity index is 1390. The van der Waals surface area contributed by atoms with Crippen molar-refractivity contribution in [2.24, 2.45) is 17.6 Å². The van der Waals surface area contributed by atoms with Gasteiger partial charge in [-0.3, -0.25) is 5.10 Å². The Hall–Kier alpha value is -3.30. The maximum Gasteiger partial charge on any atom is 0.177 e. The second-order valence-corrected chi connectivity index (χ2v) is 9.32. The molecule has 1 aliphatic carbocycles. The van der Waals surface area contributed by atoms with Gasteiger partial charge >= 0.3 is 0 Å². The molecule has 2 aliphatic rings. The van der Waals surface area contributed by atoms with Crippen LogP contribution in [0.15, 0.2) is 42.7 Å². The minimum absolute atomic E-state index is 0.170. The predicted octanol–water partition coefficient (Wildman–Crippen LogP) is 3.60. The van der Waals surface area contributed by atoms with Crippen LogP contribution < -0.4 is 16.0 Å². The van der Waals surface area contributed by atoms with Gasteiger partial charge in [-0.1, -0.05) is 29.8 Å². The maximum absolute atomic E-state index is 14.6. The molecule has 4 heterocycles. The largest absolute Gasteiger partial charge is 0.372 e. The normalized spacial score (nSPS) is 23.7. The highest BCUT2D eigenvalue weighted by atomic mass is 35.5. The molecule has 0 bridgehead atoms. The average molecular weight is 479 g/mol. The molecule has 6 rings (SSSR count). The molecule has 3 unspecified atom stereocenters. The second kappa shape index (κ2) is 7.89. The van der Waals surface area contributed by atoms with Gasteiger partial charge in [-0.2, -0.15) is 5.10 Å². The first-order valence-corrected chi connectivity index (χ1v) is 11.7. The molecular weight excluding hydrogens is 455 g/mol. The van der Waals surface area contributed by atoms with Gasteiger partial charge in [0.2, 0.25) is 0 Å². The van der Waals surface area contributed by atoms with E-state index in [0.29, 0.717) is 40.2 Å². The number of anilines is 2. The minimum atomic E-state index is -0.304. The summed E-state index contributed by atoms with van der Waals surface area (Å²) in [6.07, 6.45) is 4.38. The van der Waals surface area contributed by atoms with E-state index in [-0.39, 0.29) is 17.2 Å². The van der Waals surface area contributed by atoms with Crippen LogP contribution >= 0.6 is 11.6 Å². The number of benzene rings is 1. The number of halogens is 2. The number of nitrogens with two attached hydrogens (primary N) is 1. The molecule has 3 atom stereocenters. The van der Waals surface area contributed by atoms with Gasteiger partial charge in [0.15, 0.2) is 5.65 Å². The van der Waals surface area contributed by atoms with E-state index >= 15 is 0 Å². The molecule has 3 aromatic heterocycles. The third kappa shape index (κ3) is 3.00. The summed E-state index contributed by atoms with van der Waals surface area (Å²) in [5.41, 5.74) is 9.25. The Balaban J connectivity index is 1.29. The quantitative estimate of drug-likeness (QED) is 0.402. The number of hydrogen-bond acceptors (Lipinski definition) is 7. The van der Waals surface area contributed by atoms with Crippen molar-refractivity contribution >= 4 is 34.4 Å². The molecular formula is C24H24ClFN8. The number of piperidine rings is 1. The summed E-state index contributed by atoms with van der Waals surface area (Å²) in [7, 11) is 1.77. The topological polar surface area (TPSA) is 109 Å². The van der Waals surface area contributed by atoms with E-state index in [1.807, 2.05) is 12.1 Å². The highest BCUT2D eigenvalue weighted by Crippen LogP contribution is 2.63. The fourth-order valence-electron chi connectivity index (χ4n) is 5.77. The Morgan fingerprint density at radius 3 is 2.91 bits per heavy atom. The van der Waals surface area contributed by atoms with Crippen LogP contribution in [-0.4, -0.2) is 51.8 Å². The summed E-state index contributed by atoms with van der Waals surface area (Å²) in [5, 5.41) is 10.9. The number of nitrogens with one attached hydrogen (secondary N) is 2. The van der Waals surface area contributed by atoms with E-state index in [2.05, 4.69) is 30.4 Å². The number of rotatable bonds is 5. The second-order valence-electron chi connectivity index (χ2n) is 8.94. The zero-order chi connectivity index (χ0) is 23.4. The van der Waals surface area contributed by atoms with Gasteiger partial charge in [-0.15, -0.1) is 0 Å². The van der Waals surface area contributed by atoms with Crippen LogP contribution in [0, 0.1) is 17.7 Å². The molecule has 2 fully saturated rings. The summed E-state index contributed by atoms with van der Waals surface area (Å²) >= 11 is 6.50. The summed E-state index contributed by atoms with van der Waals surface area (Å²) in [5.74, 6) is 1.84. The van der Waals surface area contributed by atoms with E-state index in [9.17, 15) is 4.39 Å². The average Bonchev–Trinajstić information content (AvgIpc) is 3.33. The molecule has 1 aliphatic heterocycles. The fraction of sp³-hybridized carbons (Fsp3) is 0.333. The van der Waals surface area contributed by atoms with Crippen LogP contribution in [0.3, 0.4) is 0 Å². The van der Waals surface area contributed by atoms with Crippen molar-refractivity contribution in [1.29, 1.82) is 0 Å². The lowest BCUT2D eigenvalue weighted by Crippen LogP contribution is -2.32. The zero-order valence-corrected chi connectivity index (χ0v) is 19.3. The molecule has 4 N–H and O–H groups in total. The summed E-state index contributed by atoms with van der Waals surface area (Å²) in [6, 6.07) is 8.83. The van der Waals surface area contributed by atoms with Gasteiger partial charge in [0.05, 0.1) is 11.2 Å².